The zero-order valence-corrected chi connectivity index (χ0v) is 13.2. The fraction of sp³-hybridized carbons (Fsp3) is 0.167. The Labute approximate surface area is 143 Å². The van der Waals surface area contributed by atoms with Gasteiger partial charge in [-0.2, -0.15) is 4.89 Å². The first-order chi connectivity index (χ1) is 12.0. The van der Waals surface area contributed by atoms with Gasteiger partial charge in [-0.3, -0.25) is 9.59 Å². The van der Waals surface area contributed by atoms with Crippen molar-refractivity contribution in [2.45, 2.75) is 12.8 Å². The summed E-state index contributed by atoms with van der Waals surface area (Å²) >= 11 is 0. The van der Waals surface area contributed by atoms with Gasteiger partial charge in [0.2, 0.25) is 0 Å². The number of benzene rings is 2. The number of hydrogen-bond donors (Lipinski definition) is 1. The van der Waals surface area contributed by atoms with E-state index in [1.807, 2.05) is 6.07 Å². The van der Waals surface area contributed by atoms with Gasteiger partial charge in [0.15, 0.2) is 12.4 Å². The highest BCUT2D eigenvalue weighted by molar-refractivity contribution is 5.87. The van der Waals surface area contributed by atoms with Crippen LogP contribution in [0.15, 0.2) is 54.6 Å². The van der Waals surface area contributed by atoms with E-state index < -0.39 is 24.5 Å². The van der Waals surface area contributed by atoms with Crippen LogP contribution < -0.4 is 4.89 Å². The second-order valence-corrected chi connectivity index (χ2v) is 5.03. The molecule has 7 heteroatoms. The molecule has 0 unspecified atom stereocenters. The molecule has 0 aliphatic heterocycles. The molecular formula is C18H16O7. The van der Waals surface area contributed by atoms with Crippen LogP contribution in [0.4, 0.5) is 0 Å². The van der Waals surface area contributed by atoms with Crippen LogP contribution in [0, 0.1) is 0 Å². The average Bonchev–Trinajstić information content (AvgIpc) is 2.56. The van der Waals surface area contributed by atoms with Gasteiger partial charge >= 0.3 is 17.9 Å². The van der Waals surface area contributed by atoms with E-state index in [-0.39, 0.29) is 18.6 Å². The Bertz CT molecular complexity index is 740. The van der Waals surface area contributed by atoms with Crippen molar-refractivity contribution in [2.24, 2.45) is 0 Å². The van der Waals surface area contributed by atoms with Crippen LogP contribution in [0.3, 0.4) is 0 Å². The van der Waals surface area contributed by atoms with Crippen LogP contribution in [-0.4, -0.2) is 29.6 Å². The molecule has 130 valence electrons. The van der Waals surface area contributed by atoms with E-state index in [1.165, 1.54) is 6.07 Å². The number of carbonyl (C=O) groups excluding carboxylic acids is 2. The van der Waals surface area contributed by atoms with Gasteiger partial charge in [-0.25, -0.2) is 4.79 Å². The summed E-state index contributed by atoms with van der Waals surface area (Å²) in [6.07, 6.45) is -0.283. The Morgan fingerprint density at radius 1 is 0.840 bits per heavy atom. The first kappa shape index (κ1) is 18.2. The topological polar surface area (TPSA) is 99.1 Å². The Balaban J connectivity index is 1.77. The van der Waals surface area contributed by atoms with E-state index in [9.17, 15) is 14.4 Å². The summed E-state index contributed by atoms with van der Waals surface area (Å²) in [6.45, 7) is -0.609. The number of carboxylic acids is 1. The number of ether oxygens (including phenoxy) is 1. The maximum atomic E-state index is 11.6. The summed E-state index contributed by atoms with van der Waals surface area (Å²) in [4.78, 5) is 43.6. The van der Waals surface area contributed by atoms with Crippen molar-refractivity contribution in [3.8, 4) is 5.75 Å². The third kappa shape index (κ3) is 6.44. The van der Waals surface area contributed by atoms with Gasteiger partial charge in [0.05, 0.1) is 12.8 Å². The number of esters is 2. The van der Waals surface area contributed by atoms with E-state index in [0.717, 1.165) is 5.56 Å². The molecule has 0 aliphatic rings. The van der Waals surface area contributed by atoms with Gasteiger partial charge in [-0.05, 0) is 11.6 Å². The van der Waals surface area contributed by atoms with Gasteiger partial charge < -0.3 is 14.7 Å². The fourth-order valence-electron chi connectivity index (χ4n) is 1.99. The van der Waals surface area contributed by atoms with Crippen molar-refractivity contribution >= 4 is 17.9 Å². The SMILES string of the molecule is O=C(O)Cc1ccccc1OOCC(=O)OC(=O)Cc1ccccc1. The number of para-hydroxylation sites is 1. The second kappa shape index (κ2) is 9.19. The van der Waals surface area contributed by atoms with E-state index in [4.69, 9.17) is 14.9 Å². The van der Waals surface area contributed by atoms with Gasteiger partial charge in [0.1, 0.15) is 0 Å². The van der Waals surface area contributed by atoms with Crippen LogP contribution in [-0.2, 0) is 36.8 Å². The molecule has 0 heterocycles. The van der Waals surface area contributed by atoms with Crippen LogP contribution in [0.1, 0.15) is 11.1 Å². The average molecular weight is 344 g/mol. The van der Waals surface area contributed by atoms with Crippen LogP contribution in [0.2, 0.25) is 0 Å². The minimum Gasteiger partial charge on any atom is -0.481 e. The Kier molecular flexibility index (Phi) is 6.67. The normalized spacial score (nSPS) is 10.1. The minimum absolute atomic E-state index is 0.0329. The monoisotopic (exact) mass is 344 g/mol. The zero-order chi connectivity index (χ0) is 18.1. The molecule has 2 aromatic rings. The van der Waals surface area contributed by atoms with Crippen molar-refractivity contribution in [1.29, 1.82) is 0 Å². The number of rotatable bonds is 8. The third-order valence-corrected chi connectivity index (χ3v) is 3.06. The minimum atomic E-state index is -1.03. The molecule has 0 radical (unpaired) electrons. The summed E-state index contributed by atoms with van der Waals surface area (Å²) in [5.41, 5.74) is 1.11. The molecule has 0 bridgehead atoms. The molecule has 0 atom stereocenters. The van der Waals surface area contributed by atoms with Crippen LogP contribution >= 0.6 is 0 Å². The Morgan fingerprint density at radius 2 is 1.52 bits per heavy atom. The van der Waals surface area contributed by atoms with Crippen molar-refractivity contribution < 1.29 is 34.0 Å². The van der Waals surface area contributed by atoms with Gasteiger partial charge in [0, 0.05) is 5.56 Å². The number of carbonyl (C=O) groups is 3. The first-order valence-electron chi connectivity index (χ1n) is 7.41. The van der Waals surface area contributed by atoms with Crippen LogP contribution in [0.5, 0.6) is 5.75 Å². The molecule has 0 saturated carbocycles. The molecule has 0 saturated heterocycles. The molecular weight excluding hydrogens is 328 g/mol. The summed E-state index contributed by atoms with van der Waals surface area (Å²) in [5.74, 6) is -2.46. The molecule has 0 aliphatic carbocycles. The highest BCUT2D eigenvalue weighted by Crippen LogP contribution is 2.18. The van der Waals surface area contributed by atoms with Crippen molar-refractivity contribution in [2.75, 3.05) is 6.61 Å². The lowest BCUT2D eigenvalue weighted by Crippen LogP contribution is -2.20. The summed E-state index contributed by atoms with van der Waals surface area (Å²) in [5, 5.41) is 8.82. The lowest BCUT2D eigenvalue weighted by molar-refractivity contribution is -0.216. The summed E-state index contributed by atoms with van der Waals surface area (Å²) < 4.78 is 4.61. The third-order valence-electron chi connectivity index (χ3n) is 3.06. The molecule has 0 fully saturated rings. The molecule has 1 N–H and O–H groups in total. The summed E-state index contributed by atoms with van der Waals surface area (Å²) in [7, 11) is 0. The molecule has 2 aromatic carbocycles. The van der Waals surface area contributed by atoms with Crippen molar-refractivity contribution in [3.05, 3.63) is 65.7 Å². The zero-order valence-electron chi connectivity index (χ0n) is 13.2. The smallest absolute Gasteiger partial charge is 0.344 e. The van der Waals surface area contributed by atoms with E-state index >= 15 is 0 Å². The van der Waals surface area contributed by atoms with Gasteiger partial charge in [-0.15, -0.1) is 0 Å². The lowest BCUT2D eigenvalue weighted by Gasteiger charge is -2.08. The highest BCUT2D eigenvalue weighted by atomic mass is 17.2. The lowest BCUT2D eigenvalue weighted by atomic mass is 10.1. The quantitative estimate of drug-likeness (QED) is 0.338. The van der Waals surface area contributed by atoms with Gasteiger partial charge in [0.25, 0.3) is 0 Å². The predicted octanol–water partition coefficient (Wildman–Crippen LogP) is 1.94. The molecule has 0 amide bonds. The maximum Gasteiger partial charge on any atom is 0.344 e. The van der Waals surface area contributed by atoms with E-state index in [0.29, 0.717) is 5.56 Å². The molecule has 0 spiro atoms. The van der Waals surface area contributed by atoms with Crippen LogP contribution in [0.25, 0.3) is 0 Å². The number of hydrogen-bond acceptors (Lipinski definition) is 6. The molecule has 2 rings (SSSR count). The second-order valence-electron chi connectivity index (χ2n) is 5.03. The first-order valence-corrected chi connectivity index (χ1v) is 7.41. The van der Waals surface area contributed by atoms with E-state index in [2.05, 4.69) is 4.74 Å². The number of aliphatic carboxylic acids is 1. The number of carboxylic acid groups (broad SMARTS) is 1. The molecule has 7 nitrogen and oxygen atoms in total. The van der Waals surface area contributed by atoms with E-state index in [1.54, 1.807) is 42.5 Å². The Morgan fingerprint density at radius 3 is 2.24 bits per heavy atom. The fourth-order valence-corrected chi connectivity index (χ4v) is 1.99. The maximum absolute atomic E-state index is 11.6. The predicted molar refractivity (Wildman–Crippen MR) is 85.6 cm³/mol. The largest absolute Gasteiger partial charge is 0.481 e. The van der Waals surface area contributed by atoms with Crippen molar-refractivity contribution in [3.63, 3.8) is 0 Å². The summed E-state index contributed by atoms with van der Waals surface area (Å²) in [6, 6.07) is 15.2. The highest BCUT2D eigenvalue weighted by Gasteiger charge is 2.13. The molecule has 0 aromatic heterocycles. The Hall–Kier alpha value is -3.19. The van der Waals surface area contributed by atoms with Crippen molar-refractivity contribution in [1.82, 2.24) is 0 Å². The van der Waals surface area contributed by atoms with Gasteiger partial charge in [-0.1, -0.05) is 48.5 Å². The molecule has 25 heavy (non-hydrogen) atoms. The standard InChI is InChI=1S/C18H16O7/c19-16(20)11-14-8-4-5-9-15(14)25-23-12-18(22)24-17(21)10-13-6-2-1-3-7-13/h1-9H,10-12H2,(H,19,20).